The Hall–Kier alpha value is -1.66. The number of hydrogen-bond acceptors (Lipinski definition) is 3. The van der Waals surface area contributed by atoms with Crippen LogP contribution in [0.3, 0.4) is 0 Å². The molecule has 0 bridgehead atoms. The van der Waals surface area contributed by atoms with E-state index in [1.807, 2.05) is 25.2 Å². The maximum absolute atomic E-state index is 12.3. The van der Waals surface area contributed by atoms with Crippen molar-refractivity contribution in [1.82, 2.24) is 4.98 Å². The van der Waals surface area contributed by atoms with E-state index in [2.05, 4.69) is 23.3 Å². The summed E-state index contributed by atoms with van der Waals surface area (Å²) in [6.45, 7) is 2.38. The highest BCUT2D eigenvalue weighted by atomic mass is 35.5. The number of carbonyl (C=O) groups excluding carboxylic acids is 1. The van der Waals surface area contributed by atoms with Crippen LogP contribution in [0.15, 0.2) is 42.5 Å². The quantitative estimate of drug-likeness (QED) is 0.690. The van der Waals surface area contributed by atoms with Crippen LogP contribution in [0.4, 0.5) is 5.69 Å². The molecular formula is C18H18Cl2N3OS+. The van der Waals surface area contributed by atoms with Gasteiger partial charge in [0.05, 0.1) is 28.0 Å². The maximum Gasteiger partial charge on any atom is 0.279 e. The van der Waals surface area contributed by atoms with Crippen molar-refractivity contribution in [2.45, 2.75) is 13.0 Å². The van der Waals surface area contributed by atoms with Gasteiger partial charge in [0.2, 0.25) is 0 Å². The summed E-state index contributed by atoms with van der Waals surface area (Å²) in [5.74, 6) is -0.116. The van der Waals surface area contributed by atoms with Gasteiger partial charge in [-0.3, -0.25) is 4.79 Å². The summed E-state index contributed by atoms with van der Waals surface area (Å²) >= 11 is 13.7. The average Bonchev–Trinajstić information content (AvgIpc) is 3.01. The summed E-state index contributed by atoms with van der Waals surface area (Å²) in [6, 6.07) is 13.2. The molecule has 0 aliphatic carbocycles. The van der Waals surface area contributed by atoms with Gasteiger partial charge in [0.25, 0.3) is 5.91 Å². The van der Waals surface area contributed by atoms with E-state index in [0.29, 0.717) is 22.3 Å². The maximum atomic E-state index is 12.3. The Morgan fingerprint density at radius 3 is 2.80 bits per heavy atom. The largest absolute Gasteiger partial charge is 0.322 e. The van der Waals surface area contributed by atoms with Crippen molar-refractivity contribution >= 4 is 56.3 Å². The molecule has 3 rings (SSSR count). The molecule has 2 N–H and O–H groups in total. The zero-order valence-corrected chi connectivity index (χ0v) is 16.2. The molecule has 4 nitrogen and oxygen atoms in total. The van der Waals surface area contributed by atoms with E-state index in [0.717, 1.165) is 20.1 Å². The van der Waals surface area contributed by atoms with Gasteiger partial charge in [0.1, 0.15) is 6.04 Å². The van der Waals surface area contributed by atoms with Crippen LogP contribution in [-0.2, 0) is 4.79 Å². The number of nitrogens with one attached hydrogen (secondary N) is 2. The van der Waals surface area contributed by atoms with E-state index in [1.165, 1.54) is 0 Å². The molecule has 130 valence electrons. The van der Waals surface area contributed by atoms with Crippen LogP contribution >= 0.6 is 34.5 Å². The Morgan fingerprint density at radius 1 is 1.28 bits per heavy atom. The van der Waals surface area contributed by atoms with Crippen molar-refractivity contribution in [2.24, 2.45) is 0 Å². The van der Waals surface area contributed by atoms with Gasteiger partial charge in [-0.05, 0) is 37.3 Å². The monoisotopic (exact) mass is 394 g/mol. The standard InChI is InChI=1S/C18H17Cl2N3OS/c1-11(18-22-14-5-3-4-6-16(14)25-18)23(2)10-17(24)21-15-9-12(19)7-8-13(15)20/h3-9,11H,10H2,1-2H3,(H,21,24)/p+1/t11-/m1/s1. The third kappa shape index (κ3) is 4.30. The second-order valence-corrected chi connectivity index (χ2v) is 7.84. The summed E-state index contributed by atoms with van der Waals surface area (Å²) in [5.41, 5.74) is 1.52. The lowest BCUT2D eigenvalue weighted by Crippen LogP contribution is -3.10. The number of benzene rings is 2. The number of para-hydroxylation sites is 1. The Labute approximate surface area is 160 Å². The molecule has 3 aromatic rings. The van der Waals surface area contributed by atoms with Crippen LogP contribution in [0.5, 0.6) is 0 Å². The number of hydrogen-bond donors (Lipinski definition) is 2. The number of nitrogens with zero attached hydrogens (tertiary/aromatic N) is 1. The summed E-state index contributed by atoms with van der Waals surface area (Å²) in [6.07, 6.45) is 0. The highest BCUT2D eigenvalue weighted by Gasteiger charge is 2.22. The number of amides is 1. The van der Waals surface area contributed by atoms with Crippen molar-refractivity contribution in [1.29, 1.82) is 0 Å². The lowest BCUT2D eigenvalue weighted by molar-refractivity contribution is -0.902. The molecule has 1 unspecified atom stereocenters. The van der Waals surface area contributed by atoms with Gasteiger partial charge in [-0.2, -0.15) is 0 Å². The lowest BCUT2D eigenvalue weighted by Gasteiger charge is -2.19. The molecule has 2 aromatic carbocycles. The first-order valence-electron chi connectivity index (χ1n) is 7.86. The van der Waals surface area contributed by atoms with E-state index in [-0.39, 0.29) is 11.9 Å². The Morgan fingerprint density at radius 2 is 2.04 bits per heavy atom. The van der Waals surface area contributed by atoms with Gasteiger partial charge < -0.3 is 10.2 Å². The molecule has 0 fully saturated rings. The number of rotatable bonds is 5. The predicted octanol–water partition coefficient (Wildman–Crippen LogP) is 3.82. The van der Waals surface area contributed by atoms with Gasteiger partial charge in [-0.1, -0.05) is 35.3 Å². The molecule has 1 heterocycles. The zero-order valence-electron chi connectivity index (χ0n) is 13.8. The summed E-state index contributed by atoms with van der Waals surface area (Å²) in [7, 11) is 1.98. The normalized spacial score (nSPS) is 13.6. The van der Waals surface area contributed by atoms with Crippen LogP contribution < -0.4 is 10.2 Å². The molecule has 2 atom stereocenters. The number of halogens is 2. The van der Waals surface area contributed by atoms with Crippen LogP contribution in [-0.4, -0.2) is 24.5 Å². The minimum atomic E-state index is -0.116. The fraction of sp³-hybridized carbons (Fsp3) is 0.222. The fourth-order valence-electron chi connectivity index (χ4n) is 2.48. The molecule has 0 aliphatic heterocycles. The first-order chi connectivity index (χ1) is 11.9. The number of likely N-dealkylation sites (N-methyl/N-ethyl adjacent to an activating group) is 1. The molecule has 1 aromatic heterocycles. The van der Waals surface area contributed by atoms with E-state index >= 15 is 0 Å². The Balaban J connectivity index is 1.67. The fourth-order valence-corrected chi connectivity index (χ4v) is 3.93. The van der Waals surface area contributed by atoms with Crippen molar-refractivity contribution in [3.63, 3.8) is 0 Å². The number of carbonyl (C=O) groups is 1. The Kier molecular flexibility index (Phi) is 5.59. The van der Waals surface area contributed by atoms with Crippen LogP contribution in [0.2, 0.25) is 10.0 Å². The molecule has 0 spiro atoms. The second-order valence-electron chi connectivity index (χ2n) is 5.94. The zero-order chi connectivity index (χ0) is 18.0. The highest BCUT2D eigenvalue weighted by molar-refractivity contribution is 7.18. The number of fused-ring (bicyclic) bond motifs is 1. The molecule has 25 heavy (non-hydrogen) atoms. The third-order valence-electron chi connectivity index (χ3n) is 4.06. The summed E-state index contributed by atoms with van der Waals surface area (Å²) in [5, 5.41) is 4.84. The van der Waals surface area contributed by atoms with Gasteiger partial charge in [-0.25, -0.2) is 4.98 Å². The average molecular weight is 395 g/mol. The summed E-state index contributed by atoms with van der Waals surface area (Å²) < 4.78 is 1.16. The lowest BCUT2D eigenvalue weighted by atomic mass is 10.3. The highest BCUT2D eigenvalue weighted by Crippen LogP contribution is 2.26. The van der Waals surface area contributed by atoms with Crippen LogP contribution in [0, 0.1) is 0 Å². The molecule has 7 heteroatoms. The van der Waals surface area contributed by atoms with Gasteiger partial charge >= 0.3 is 0 Å². The minimum Gasteiger partial charge on any atom is -0.322 e. The number of anilines is 1. The van der Waals surface area contributed by atoms with Crippen molar-refractivity contribution in [3.8, 4) is 0 Å². The smallest absolute Gasteiger partial charge is 0.279 e. The van der Waals surface area contributed by atoms with Crippen molar-refractivity contribution < 1.29 is 9.69 Å². The van der Waals surface area contributed by atoms with E-state index in [9.17, 15) is 4.79 Å². The molecular weight excluding hydrogens is 377 g/mol. The SMILES string of the molecule is C[C@H](c1nc2ccccc2s1)[NH+](C)CC(=O)Nc1cc(Cl)ccc1Cl. The predicted molar refractivity (Wildman–Crippen MR) is 105 cm³/mol. The molecule has 0 radical (unpaired) electrons. The number of thiazole rings is 1. The summed E-state index contributed by atoms with van der Waals surface area (Å²) in [4.78, 5) is 18.1. The third-order valence-corrected chi connectivity index (χ3v) is 5.85. The van der Waals surface area contributed by atoms with Crippen molar-refractivity contribution in [2.75, 3.05) is 18.9 Å². The second kappa shape index (κ2) is 7.70. The van der Waals surface area contributed by atoms with Gasteiger partial charge in [0.15, 0.2) is 11.6 Å². The topological polar surface area (TPSA) is 46.4 Å². The van der Waals surface area contributed by atoms with Gasteiger partial charge in [-0.15, -0.1) is 11.3 Å². The van der Waals surface area contributed by atoms with E-state index < -0.39 is 0 Å². The van der Waals surface area contributed by atoms with Crippen molar-refractivity contribution in [3.05, 3.63) is 57.5 Å². The molecule has 0 aliphatic rings. The minimum absolute atomic E-state index is 0.109. The Bertz CT molecular complexity index is 879. The first kappa shape index (κ1) is 18.1. The molecule has 0 saturated heterocycles. The number of quaternary nitrogens is 1. The van der Waals surface area contributed by atoms with E-state index in [1.54, 1.807) is 29.5 Å². The molecule has 1 amide bonds. The van der Waals surface area contributed by atoms with Gasteiger partial charge in [0, 0.05) is 5.02 Å². The van der Waals surface area contributed by atoms with Crippen LogP contribution in [0.1, 0.15) is 18.0 Å². The van der Waals surface area contributed by atoms with E-state index in [4.69, 9.17) is 23.2 Å². The van der Waals surface area contributed by atoms with Crippen LogP contribution in [0.25, 0.3) is 10.2 Å². The molecule has 0 saturated carbocycles. The number of aromatic nitrogens is 1. The first-order valence-corrected chi connectivity index (χ1v) is 9.44.